The summed E-state index contributed by atoms with van der Waals surface area (Å²) >= 11 is 17.8. The minimum absolute atomic E-state index is 0.00765. The number of carboxylic acids is 1. The third kappa shape index (κ3) is 3.44. The summed E-state index contributed by atoms with van der Waals surface area (Å²) < 4.78 is 0. The van der Waals surface area contributed by atoms with Crippen LogP contribution in [0.3, 0.4) is 0 Å². The molecule has 0 aliphatic heterocycles. The molecule has 1 aromatic heterocycles. The number of carboxylic acid groups (broad SMARTS) is 1. The van der Waals surface area contributed by atoms with E-state index in [9.17, 15) is 9.59 Å². The van der Waals surface area contributed by atoms with Crippen LogP contribution >= 0.6 is 34.8 Å². The summed E-state index contributed by atoms with van der Waals surface area (Å²) in [6, 6.07) is 3.85. The zero-order valence-electron chi connectivity index (χ0n) is 10.2. The summed E-state index contributed by atoms with van der Waals surface area (Å²) in [6.45, 7) is 0. The van der Waals surface area contributed by atoms with Gasteiger partial charge in [0.15, 0.2) is 0 Å². The Morgan fingerprint density at radius 3 is 2.24 bits per heavy atom. The molecule has 1 aromatic carbocycles. The molecule has 21 heavy (non-hydrogen) atoms. The zero-order valence-corrected chi connectivity index (χ0v) is 12.5. The van der Waals surface area contributed by atoms with E-state index in [1.165, 1.54) is 30.6 Å². The first kappa shape index (κ1) is 15.6. The van der Waals surface area contributed by atoms with E-state index >= 15 is 0 Å². The molecule has 0 bridgehead atoms. The van der Waals surface area contributed by atoms with Crippen molar-refractivity contribution < 1.29 is 14.7 Å². The molecule has 2 aromatic rings. The predicted molar refractivity (Wildman–Crippen MR) is 80.6 cm³/mol. The van der Waals surface area contributed by atoms with Gasteiger partial charge in [0.1, 0.15) is 0 Å². The van der Waals surface area contributed by atoms with Gasteiger partial charge in [0.25, 0.3) is 5.91 Å². The number of amides is 1. The maximum absolute atomic E-state index is 12.1. The van der Waals surface area contributed by atoms with Gasteiger partial charge in [-0.25, -0.2) is 4.79 Å². The monoisotopic (exact) mass is 344 g/mol. The van der Waals surface area contributed by atoms with Crippen LogP contribution in [-0.4, -0.2) is 22.0 Å². The number of aromatic nitrogens is 1. The van der Waals surface area contributed by atoms with E-state index in [1.54, 1.807) is 0 Å². The third-order valence-electron chi connectivity index (χ3n) is 2.54. The summed E-state index contributed by atoms with van der Waals surface area (Å²) in [7, 11) is 0. The molecular formula is C13H7Cl3N2O3. The minimum Gasteiger partial charge on any atom is -0.478 e. The smallest absolute Gasteiger partial charge is 0.335 e. The molecule has 1 amide bonds. The van der Waals surface area contributed by atoms with Crippen LogP contribution in [0.15, 0.2) is 30.6 Å². The van der Waals surface area contributed by atoms with Crippen molar-refractivity contribution in [2.45, 2.75) is 0 Å². The molecule has 8 heteroatoms. The molecule has 0 atom stereocenters. The second-order valence-corrected chi connectivity index (χ2v) is 5.15. The number of hydrogen-bond donors (Lipinski definition) is 2. The zero-order chi connectivity index (χ0) is 15.6. The van der Waals surface area contributed by atoms with Gasteiger partial charge in [0.05, 0.1) is 31.9 Å². The number of aromatic carboxylic acids is 1. The lowest BCUT2D eigenvalue weighted by Crippen LogP contribution is -2.14. The van der Waals surface area contributed by atoms with Gasteiger partial charge in [-0.1, -0.05) is 34.8 Å². The number of carbonyl (C=O) groups excluding carboxylic acids is 1. The molecule has 2 N–H and O–H groups in total. The lowest BCUT2D eigenvalue weighted by molar-refractivity contribution is 0.0696. The maximum Gasteiger partial charge on any atom is 0.335 e. The minimum atomic E-state index is -1.17. The second-order valence-electron chi connectivity index (χ2n) is 3.93. The van der Waals surface area contributed by atoms with Crippen LogP contribution in [0.1, 0.15) is 20.7 Å². The first-order valence-electron chi connectivity index (χ1n) is 5.53. The number of hydrogen-bond acceptors (Lipinski definition) is 3. The Morgan fingerprint density at radius 1 is 1.10 bits per heavy atom. The Hall–Kier alpha value is -1.82. The fourth-order valence-electron chi connectivity index (χ4n) is 1.54. The highest BCUT2D eigenvalue weighted by Gasteiger charge is 2.17. The lowest BCUT2D eigenvalue weighted by atomic mass is 10.2. The van der Waals surface area contributed by atoms with Crippen LogP contribution in [0.5, 0.6) is 0 Å². The van der Waals surface area contributed by atoms with Crippen LogP contribution < -0.4 is 5.32 Å². The van der Waals surface area contributed by atoms with Gasteiger partial charge in [0, 0.05) is 12.4 Å². The average Bonchev–Trinajstić information content (AvgIpc) is 2.42. The van der Waals surface area contributed by atoms with Crippen LogP contribution in [0.4, 0.5) is 5.69 Å². The molecule has 0 aliphatic carbocycles. The van der Waals surface area contributed by atoms with Gasteiger partial charge < -0.3 is 10.4 Å². The van der Waals surface area contributed by atoms with Crippen LogP contribution in [-0.2, 0) is 0 Å². The Kier molecular flexibility index (Phi) is 4.67. The third-order valence-corrected chi connectivity index (χ3v) is 3.47. The van der Waals surface area contributed by atoms with E-state index in [-0.39, 0.29) is 31.9 Å². The number of rotatable bonds is 3. The topological polar surface area (TPSA) is 79.3 Å². The van der Waals surface area contributed by atoms with Gasteiger partial charge in [-0.15, -0.1) is 0 Å². The maximum atomic E-state index is 12.1. The van der Waals surface area contributed by atoms with Crippen LogP contribution in [0.25, 0.3) is 0 Å². The number of halogens is 3. The van der Waals surface area contributed by atoms with E-state index in [0.29, 0.717) is 0 Å². The SMILES string of the molecule is O=C(O)c1cc(Cl)c(NC(=O)c2cnccc2Cl)c(Cl)c1. The van der Waals surface area contributed by atoms with Gasteiger partial charge in [-0.2, -0.15) is 0 Å². The van der Waals surface area contributed by atoms with Crippen LogP contribution in [0.2, 0.25) is 15.1 Å². The molecule has 1 heterocycles. The summed E-state index contributed by atoms with van der Waals surface area (Å²) in [5.41, 5.74) is 0.171. The first-order valence-corrected chi connectivity index (χ1v) is 6.66. The fourth-order valence-corrected chi connectivity index (χ4v) is 2.31. The quantitative estimate of drug-likeness (QED) is 0.881. The molecule has 0 radical (unpaired) electrons. The molecule has 108 valence electrons. The van der Waals surface area contributed by atoms with E-state index < -0.39 is 11.9 Å². The molecule has 0 saturated heterocycles. The van der Waals surface area contributed by atoms with Crippen molar-refractivity contribution >= 4 is 52.4 Å². The number of carbonyl (C=O) groups is 2. The average molecular weight is 346 g/mol. The largest absolute Gasteiger partial charge is 0.478 e. The molecule has 0 aliphatic rings. The Bertz CT molecular complexity index is 711. The number of nitrogens with zero attached hydrogens (tertiary/aromatic N) is 1. The summed E-state index contributed by atoms with van der Waals surface area (Å²) in [4.78, 5) is 26.8. The number of pyridine rings is 1. The summed E-state index contributed by atoms with van der Waals surface area (Å²) in [5, 5.41) is 11.6. The van der Waals surface area contributed by atoms with Crippen molar-refractivity contribution in [3.05, 3.63) is 56.8 Å². The first-order chi connectivity index (χ1) is 9.90. The van der Waals surface area contributed by atoms with E-state index in [1.807, 2.05) is 0 Å². The van der Waals surface area contributed by atoms with Gasteiger partial charge in [-0.3, -0.25) is 9.78 Å². The predicted octanol–water partition coefficient (Wildman–Crippen LogP) is 3.99. The van der Waals surface area contributed by atoms with Crippen molar-refractivity contribution in [1.29, 1.82) is 0 Å². The van der Waals surface area contributed by atoms with Crippen molar-refractivity contribution in [3.8, 4) is 0 Å². The Balaban J connectivity index is 2.34. The molecule has 0 saturated carbocycles. The molecule has 0 unspecified atom stereocenters. The van der Waals surface area contributed by atoms with Gasteiger partial charge in [-0.05, 0) is 18.2 Å². The number of anilines is 1. The van der Waals surface area contributed by atoms with Gasteiger partial charge >= 0.3 is 5.97 Å². The lowest BCUT2D eigenvalue weighted by Gasteiger charge is -2.10. The van der Waals surface area contributed by atoms with Crippen molar-refractivity contribution in [1.82, 2.24) is 4.98 Å². The highest BCUT2D eigenvalue weighted by atomic mass is 35.5. The Morgan fingerprint density at radius 2 is 1.71 bits per heavy atom. The van der Waals surface area contributed by atoms with E-state index in [2.05, 4.69) is 10.3 Å². The van der Waals surface area contributed by atoms with Gasteiger partial charge in [0.2, 0.25) is 0 Å². The van der Waals surface area contributed by atoms with Crippen molar-refractivity contribution in [3.63, 3.8) is 0 Å². The summed E-state index contributed by atoms with van der Waals surface area (Å²) in [6.07, 6.45) is 2.74. The highest BCUT2D eigenvalue weighted by molar-refractivity contribution is 6.41. The standard InChI is InChI=1S/C13H7Cl3N2O3/c14-8-1-2-17-5-7(8)12(19)18-11-9(15)3-6(13(20)21)4-10(11)16/h1-5H,(H,18,19)(H,20,21). The summed E-state index contributed by atoms with van der Waals surface area (Å²) in [5.74, 6) is -1.73. The molecular weight excluding hydrogens is 339 g/mol. The van der Waals surface area contributed by atoms with Crippen LogP contribution in [0, 0.1) is 0 Å². The molecule has 5 nitrogen and oxygen atoms in total. The second kappa shape index (κ2) is 6.30. The fraction of sp³-hybridized carbons (Fsp3) is 0. The number of benzene rings is 1. The van der Waals surface area contributed by atoms with E-state index in [0.717, 1.165) is 0 Å². The normalized spacial score (nSPS) is 10.2. The Labute approximate surface area is 134 Å². The highest BCUT2D eigenvalue weighted by Crippen LogP contribution is 2.32. The van der Waals surface area contributed by atoms with Crippen molar-refractivity contribution in [2.75, 3.05) is 5.32 Å². The molecule has 0 spiro atoms. The molecule has 2 rings (SSSR count). The van der Waals surface area contributed by atoms with E-state index in [4.69, 9.17) is 39.9 Å². The number of nitrogens with one attached hydrogen (secondary N) is 1. The van der Waals surface area contributed by atoms with Crippen molar-refractivity contribution in [2.24, 2.45) is 0 Å². The molecule has 0 fully saturated rings.